The SMILES string of the molecule is CC1CN(C(CN)c2ccc(Cl)c(Cl)c2)CC1C. The minimum Gasteiger partial charge on any atom is -0.329 e. The summed E-state index contributed by atoms with van der Waals surface area (Å²) >= 11 is 12.0. The third-order valence-electron chi connectivity index (χ3n) is 4.01. The summed E-state index contributed by atoms with van der Waals surface area (Å²) in [6.07, 6.45) is 0. The molecular formula is C14H20Cl2N2. The van der Waals surface area contributed by atoms with Crippen LogP contribution in [0.5, 0.6) is 0 Å². The van der Waals surface area contributed by atoms with Gasteiger partial charge in [0, 0.05) is 25.7 Å². The first-order chi connectivity index (χ1) is 8.52. The van der Waals surface area contributed by atoms with Crippen molar-refractivity contribution in [3.63, 3.8) is 0 Å². The van der Waals surface area contributed by atoms with Crippen LogP contribution in [0.1, 0.15) is 25.5 Å². The van der Waals surface area contributed by atoms with E-state index in [9.17, 15) is 0 Å². The van der Waals surface area contributed by atoms with Crippen LogP contribution in [0.3, 0.4) is 0 Å². The van der Waals surface area contributed by atoms with Crippen molar-refractivity contribution in [3.05, 3.63) is 33.8 Å². The minimum atomic E-state index is 0.243. The van der Waals surface area contributed by atoms with E-state index in [1.807, 2.05) is 18.2 Å². The van der Waals surface area contributed by atoms with Gasteiger partial charge in [0.05, 0.1) is 10.0 Å². The van der Waals surface area contributed by atoms with Crippen LogP contribution in [-0.2, 0) is 0 Å². The van der Waals surface area contributed by atoms with Gasteiger partial charge in [0.15, 0.2) is 0 Å². The molecule has 0 amide bonds. The molecule has 1 heterocycles. The molecule has 0 saturated carbocycles. The molecule has 1 fully saturated rings. The standard InChI is InChI=1S/C14H20Cl2N2/c1-9-7-18(8-10(9)2)14(6-17)11-3-4-12(15)13(16)5-11/h3-5,9-10,14H,6-8,17H2,1-2H3. The van der Waals surface area contributed by atoms with Crippen LogP contribution in [0.25, 0.3) is 0 Å². The monoisotopic (exact) mass is 286 g/mol. The quantitative estimate of drug-likeness (QED) is 0.920. The molecule has 3 unspecified atom stereocenters. The molecule has 1 saturated heterocycles. The minimum absolute atomic E-state index is 0.243. The van der Waals surface area contributed by atoms with Crippen molar-refractivity contribution < 1.29 is 0 Å². The molecule has 3 atom stereocenters. The van der Waals surface area contributed by atoms with Gasteiger partial charge in [-0.25, -0.2) is 0 Å². The predicted molar refractivity (Wildman–Crippen MR) is 78.2 cm³/mol. The number of hydrogen-bond acceptors (Lipinski definition) is 2. The van der Waals surface area contributed by atoms with Crippen LogP contribution in [-0.4, -0.2) is 24.5 Å². The Bertz CT molecular complexity index is 412. The van der Waals surface area contributed by atoms with Crippen molar-refractivity contribution in [1.82, 2.24) is 4.90 Å². The summed E-state index contributed by atoms with van der Waals surface area (Å²) in [5.41, 5.74) is 7.11. The molecule has 0 aromatic heterocycles. The van der Waals surface area contributed by atoms with Crippen molar-refractivity contribution in [3.8, 4) is 0 Å². The van der Waals surface area contributed by atoms with Crippen LogP contribution in [0.2, 0.25) is 10.0 Å². The van der Waals surface area contributed by atoms with Gasteiger partial charge in [-0.1, -0.05) is 43.1 Å². The topological polar surface area (TPSA) is 29.3 Å². The highest BCUT2D eigenvalue weighted by Crippen LogP contribution is 2.32. The Kier molecular flexibility index (Phi) is 4.54. The second-order valence-corrected chi connectivity index (χ2v) is 6.15. The Morgan fingerprint density at radius 1 is 1.22 bits per heavy atom. The molecule has 2 rings (SSSR count). The maximum atomic E-state index is 6.09. The van der Waals surface area contributed by atoms with Gasteiger partial charge < -0.3 is 5.73 Å². The molecule has 1 aliphatic rings. The van der Waals surface area contributed by atoms with E-state index in [1.54, 1.807) is 0 Å². The van der Waals surface area contributed by atoms with E-state index in [4.69, 9.17) is 28.9 Å². The van der Waals surface area contributed by atoms with E-state index in [1.165, 1.54) is 0 Å². The number of rotatable bonds is 3. The van der Waals surface area contributed by atoms with Gasteiger partial charge in [-0.05, 0) is 29.5 Å². The lowest BCUT2D eigenvalue weighted by atomic mass is 10.0. The largest absolute Gasteiger partial charge is 0.329 e. The van der Waals surface area contributed by atoms with Gasteiger partial charge in [-0.3, -0.25) is 4.90 Å². The molecule has 1 aliphatic heterocycles. The van der Waals surface area contributed by atoms with Crippen LogP contribution < -0.4 is 5.73 Å². The zero-order valence-electron chi connectivity index (χ0n) is 10.9. The molecule has 2 nitrogen and oxygen atoms in total. The average molecular weight is 287 g/mol. The van der Waals surface area contributed by atoms with E-state index in [-0.39, 0.29) is 6.04 Å². The van der Waals surface area contributed by atoms with Crippen LogP contribution in [0.4, 0.5) is 0 Å². The highest BCUT2D eigenvalue weighted by atomic mass is 35.5. The Morgan fingerprint density at radius 2 is 1.83 bits per heavy atom. The van der Waals surface area contributed by atoms with Crippen molar-refractivity contribution >= 4 is 23.2 Å². The summed E-state index contributed by atoms with van der Waals surface area (Å²) in [5.74, 6) is 1.45. The maximum Gasteiger partial charge on any atom is 0.0595 e. The van der Waals surface area contributed by atoms with Gasteiger partial charge >= 0.3 is 0 Å². The maximum absolute atomic E-state index is 6.09. The molecule has 100 valence electrons. The predicted octanol–water partition coefficient (Wildman–Crippen LogP) is 3.58. The summed E-state index contributed by atoms with van der Waals surface area (Å²) in [4.78, 5) is 2.45. The van der Waals surface area contributed by atoms with Gasteiger partial charge in [-0.15, -0.1) is 0 Å². The number of likely N-dealkylation sites (tertiary alicyclic amines) is 1. The lowest BCUT2D eigenvalue weighted by Gasteiger charge is -2.27. The summed E-state index contributed by atoms with van der Waals surface area (Å²) in [6, 6.07) is 6.06. The summed E-state index contributed by atoms with van der Waals surface area (Å²) in [5, 5.41) is 1.20. The zero-order valence-corrected chi connectivity index (χ0v) is 12.4. The van der Waals surface area contributed by atoms with E-state index in [2.05, 4.69) is 18.7 Å². The molecule has 1 aromatic rings. The lowest BCUT2D eigenvalue weighted by molar-refractivity contribution is 0.240. The van der Waals surface area contributed by atoms with Gasteiger partial charge in [-0.2, -0.15) is 0 Å². The molecule has 2 N–H and O–H groups in total. The smallest absolute Gasteiger partial charge is 0.0595 e. The van der Waals surface area contributed by atoms with E-state index < -0.39 is 0 Å². The van der Waals surface area contributed by atoms with Gasteiger partial charge in [0.1, 0.15) is 0 Å². The Balaban J connectivity index is 2.20. The molecule has 1 aromatic carbocycles. The molecule has 0 spiro atoms. The summed E-state index contributed by atoms with van der Waals surface area (Å²) < 4.78 is 0. The first-order valence-corrected chi connectivity index (χ1v) is 7.17. The average Bonchev–Trinajstić information content (AvgIpc) is 2.65. The van der Waals surface area contributed by atoms with Crippen molar-refractivity contribution in [2.75, 3.05) is 19.6 Å². The number of nitrogens with two attached hydrogens (primary N) is 1. The van der Waals surface area contributed by atoms with Crippen molar-refractivity contribution in [2.24, 2.45) is 17.6 Å². The van der Waals surface area contributed by atoms with Crippen LogP contribution >= 0.6 is 23.2 Å². The first-order valence-electron chi connectivity index (χ1n) is 6.42. The number of nitrogens with zero attached hydrogens (tertiary/aromatic N) is 1. The third-order valence-corrected chi connectivity index (χ3v) is 4.75. The second-order valence-electron chi connectivity index (χ2n) is 5.33. The first kappa shape index (κ1) is 14.1. The Hall–Kier alpha value is -0.280. The third kappa shape index (κ3) is 2.83. The van der Waals surface area contributed by atoms with E-state index >= 15 is 0 Å². The lowest BCUT2D eigenvalue weighted by Crippen LogP contribution is -2.32. The van der Waals surface area contributed by atoms with Gasteiger partial charge in [0.25, 0.3) is 0 Å². The second kappa shape index (κ2) is 5.79. The molecule has 18 heavy (non-hydrogen) atoms. The van der Waals surface area contributed by atoms with E-state index in [0.29, 0.717) is 16.6 Å². The molecule has 4 heteroatoms. The molecular weight excluding hydrogens is 267 g/mol. The van der Waals surface area contributed by atoms with Crippen molar-refractivity contribution in [2.45, 2.75) is 19.9 Å². The fraction of sp³-hybridized carbons (Fsp3) is 0.571. The highest BCUT2D eigenvalue weighted by molar-refractivity contribution is 6.42. The molecule has 0 radical (unpaired) electrons. The Labute approximate surface area is 119 Å². The number of benzene rings is 1. The van der Waals surface area contributed by atoms with Crippen LogP contribution in [0, 0.1) is 11.8 Å². The fourth-order valence-corrected chi connectivity index (χ4v) is 2.95. The van der Waals surface area contributed by atoms with Crippen molar-refractivity contribution in [1.29, 1.82) is 0 Å². The molecule has 0 bridgehead atoms. The normalized spacial score (nSPS) is 26.5. The fourth-order valence-electron chi connectivity index (χ4n) is 2.64. The molecule has 0 aliphatic carbocycles. The Morgan fingerprint density at radius 3 is 2.33 bits per heavy atom. The summed E-state index contributed by atoms with van der Waals surface area (Å²) in [7, 11) is 0. The van der Waals surface area contributed by atoms with Gasteiger partial charge in [0.2, 0.25) is 0 Å². The van der Waals surface area contributed by atoms with E-state index in [0.717, 1.165) is 30.5 Å². The van der Waals surface area contributed by atoms with Crippen LogP contribution in [0.15, 0.2) is 18.2 Å². The number of halogens is 2. The summed E-state index contributed by atoms with van der Waals surface area (Å²) in [6.45, 7) is 7.41. The highest BCUT2D eigenvalue weighted by Gasteiger charge is 2.31. The zero-order chi connectivity index (χ0) is 13.3. The number of hydrogen-bond donors (Lipinski definition) is 1.